The Hall–Kier alpha value is -4.41. The summed E-state index contributed by atoms with van der Waals surface area (Å²) in [6, 6.07) is 19.9. The number of halogens is 1. The molecule has 1 amide bonds. The molecule has 3 rings (SSSR count). The van der Waals surface area contributed by atoms with E-state index in [4.69, 9.17) is 21.4 Å². The Morgan fingerprint density at radius 2 is 1.50 bits per heavy atom. The van der Waals surface area contributed by atoms with Crippen LogP contribution in [0.3, 0.4) is 0 Å². The summed E-state index contributed by atoms with van der Waals surface area (Å²) in [5, 5.41) is 21.3. The van der Waals surface area contributed by atoms with E-state index < -0.39 is 17.8 Å². The molecule has 0 saturated heterocycles. The molecule has 0 atom stereocenters. The van der Waals surface area contributed by atoms with Gasteiger partial charge in [0.1, 0.15) is 17.4 Å². The fraction of sp³-hybridized carbons (Fsp3) is 0. The van der Waals surface area contributed by atoms with Crippen molar-refractivity contribution in [2.75, 3.05) is 5.32 Å². The van der Waals surface area contributed by atoms with Gasteiger partial charge in [-0.05, 0) is 72.3 Å². The second-order valence-corrected chi connectivity index (χ2v) is 6.91. The van der Waals surface area contributed by atoms with Crippen LogP contribution in [0.25, 0.3) is 6.08 Å². The number of esters is 1. The number of carbonyl (C=O) groups excluding carboxylic acids is 2. The summed E-state index contributed by atoms with van der Waals surface area (Å²) in [6.45, 7) is 0. The van der Waals surface area contributed by atoms with Gasteiger partial charge in [-0.2, -0.15) is 5.26 Å². The van der Waals surface area contributed by atoms with Crippen molar-refractivity contribution in [1.29, 1.82) is 5.26 Å². The van der Waals surface area contributed by atoms with Gasteiger partial charge in [0.15, 0.2) is 0 Å². The first kappa shape index (κ1) is 22.3. The number of hydrogen-bond donors (Lipinski definition) is 2. The molecule has 3 aromatic rings. The zero-order valence-corrected chi connectivity index (χ0v) is 17.2. The van der Waals surface area contributed by atoms with Gasteiger partial charge in [0.05, 0.1) is 11.1 Å². The van der Waals surface area contributed by atoms with Crippen molar-refractivity contribution in [3.05, 3.63) is 100 Å². The first-order chi connectivity index (χ1) is 15.4. The molecule has 0 aliphatic rings. The first-order valence-electron chi connectivity index (χ1n) is 9.20. The average Bonchev–Trinajstić information content (AvgIpc) is 2.79. The molecule has 0 radical (unpaired) electrons. The Balaban J connectivity index is 1.67. The Labute approximate surface area is 188 Å². The lowest BCUT2D eigenvalue weighted by Gasteiger charge is -2.06. The topological polar surface area (TPSA) is 116 Å². The summed E-state index contributed by atoms with van der Waals surface area (Å²) < 4.78 is 5.29. The van der Waals surface area contributed by atoms with E-state index in [9.17, 15) is 19.6 Å². The highest BCUT2D eigenvalue weighted by molar-refractivity contribution is 6.30. The van der Waals surface area contributed by atoms with Crippen LogP contribution in [0.5, 0.6) is 5.75 Å². The van der Waals surface area contributed by atoms with E-state index in [0.29, 0.717) is 27.6 Å². The van der Waals surface area contributed by atoms with Gasteiger partial charge < -0.3 is 15.2 Å². The fourth-order valence-corrected chi connectivity index (χ4v) is 2.72. The van der Waals surface area contributed by atoms with E-state index in [-0.39, 0.29) is 11.1 Å². The normalized spacial score (nSPS) is 10.7. The predicted octanol–water partition coefficient (Wildman–Crippen LogP) is 4.80. The summed E-state index contributed by atoms with van der Waals surface area (Å²) in [6.07, 6.45) is 1.38. The Morgan fingerprint density at radius 1 is 0.906 bits per heavy atom. The zero-order valence-electron chi connectivity index (χ0n) is 16.4. The smallest absolute Gasteiger partial charge is 0.343 e. The van der Waals surface area contributed by atoms with Crippen molar-refractivity contribution >= 4 is 41.2 Å². The fourth-order valence-electron chi connectivity index (χ4n) is 2.59. The molecule has 0 fully saturated rings. The number of carboxylic acids is 1. The number of ether oxygens (including phenoxy) is 1. The summed E-state index contributed by atoms with van der Waals surface area (Å²) in [5.41, 5.74) is 1.17. The number of amides is 1. The van der Waals surface area contributed by atoms with Crippen LogP contribution in [0.4, 0.5) is 5.69 Å². The number of anilines is 1. The quantitative estimate of drug-likeness (QED) is 0.243. The highest BCUT2D eigenvalue weighted by Gasteiger charge is 2.11. The van der Waals surface area contributed by atoms with Crippen LogP contribution in [0.15, 0.2) is 78.4 Å². The number of carbonyl (C=O) groups is 3. The minimum Gasteiger partial charge on any atom is -0.478 e. The van der Waals surface area contributed by atoms with Gasteiger partial charge >= 0.3 is 11.9 Å². The molecule has 3 aromatic carbocycles. The molecule has 0 unspecified atom stereocenters. The van der Waals surface area contributed by atoms with Crippen LogP contribution in [0.2, 0.25) is 5.02 Å². The Kier molecular flexibility index (Phi) is 7.01. The molecular formula is C24H15ClN2O5. The number of carboxylic acid groups (broad SMARTS) is 1. The molecule has 8 heteroatoms. The molecule has 158 valence electrons. The van der Waals surface area contributed by atoms with Gasteiger partial charge in [-0.1, -0.05) is 23.7 Å². The third-order valence-electron chi connectivity index (χ3n) is 4.24. The molecule has 2 N–H and O–H groups in total. The largest absolute Gasteiger partial charge is 0.478 e. The standard InChI is InChI=1S/C24H15ClN2O5/c25-19-7-3-17(4-8-19)24(31)32-21-11-1-15(2-12-21)13-18(14-26)22(28)27-20-9-5-16(6-10-20)23(29)30/h1-13H,(H,27,28)(H,29,30)/b18-13+. The summed E-state index contributed by atoms with van der Waals surface area (Å²) >= 11 is 5.80. The summed E-state index contributed by atoms with van der Waals surface area (Å²) in [5.74, 6) is -1.98. The van der Waals surface area contributed by atoms with E-state index in [1.165, 1.54) is 42.5 Å². The molecule has 0 spiro atoms. The lowest BCUT2D eigenvalue weighted by molar-refractivity contribution is -0.112. The van der Waals surface area contributed by atoms with Crippen molar-refractivity contribution < 1.29 is 24.2 Å². The van der Waals surface area contributed by atoms with Crippen LogP contribution in [0, 0.1) is 11.3 Å². The molecule has 0 bridgehead atoms. The van der Waals surface area contributed by atoms with E-state index in [1.807, 2.05) is 6.07 Å². The summed E-state index contributed by atoms with van der Waals surface area (Å²) in [7, 11) is 0. The van der Waals surface area contributed by atoms with Crippen molar-refractivity contribution in [3.63, 3.8) is 0 Å². The first-order valence-corrected chi connectivity index (χ1v) is 9.58. The number of aromatic carboxylic acids is 1. The van der Waals surface area contributed by atoms with Gasteiger partial charge in [-0.15, -0.1) is 0 Å². The second kappa shape index (κ2) is 10.1. The molecule has 0 aliphatic carbocycles. The minimum absolute atomic E-state index is 0.0795. The van der Waals surface area contributed by atoms with Crippen LogP contribution in [0.1, 0.15) is 26.3 Å². The Morgan fingerprint density at radius 3 is 2.06 bits per heavy atom. The van der Waals surface area contributed by atoms with Gasteiger partial charge in [0.25, 0.3) is 5.91 Å². The van der Waals surface area contributed by atoms with Gasteiger partial charge in [-0.3, -0.25) is 4.79 Å². The maximum absolute atomic E-state index is 12.4. The molecule has 0 aromatic heterocycles. The molecule has 32 heavy (non-hydrogen) atoms. The summed E-state index contributed by atoms with van der Waals surface area (Å²) in [4.78, 5) is 35.4. The van der Waals surface area contributed by atoms with Crippen molar-refractivity contribution in [2.45, 2.75) is 0 Å². The number of benzene rings is 3. The Bertz CT molecular complexity index is 1230. The molecule has 0 aliphatic heterocycles. The minimum atomic E-state index is -1.08. The van der Waals surface area contributed by atoms with E-state index in [2.05, 4.69) is 5.32 Å². The number of nitriles is 1. The number of nitrogens with one attached hydrogen (secondary N) is 1. The average molecular weight is 447 g/mol. The second-order valence-electron chi connectivity index (χ2n) is 6.47. The zero-order chi connectivity index (χ0) is 23.1. The number of rotatable bonds is 6. The van der Waals surface area contributed by atoms with E-state index >= 15 is 0 Å². The molecule has 7 nitrogen and oxygen atoms in total. The van der Waals surface area contributed by atoms with Crippen LogP contribution in [-0.2, 0) is 4.79 Å². The van der Waals surface area contributed by atoms with Crippen LogP contribution < -0.4 is 10.1 Å². The monoisotopic (exact) mass is 446 g/mol. The predicted molar refractivity (Wildman–Crippen MR) is 118 cm³/mol. The third-order valence-corrected chi connectivity index (χ3v) is 4.49. The van der Waals surface area contributed by atoms with Crippen molar-refractivity contribution in [3.8, 4) is 11.8 Å². The van der Waals surface area contributed by atoms with Crippen LogP contribution >= 0.6 is 11.6 Å². The number of nitrogens with zero attached hydrogens (tertiary/aromatic N) is 1. The maximum Gasteiger partial charge on any atom is 0.343 e. The third kappa shape index (κ3) is 5.81. The lowest BCUT2D eigenvalue weighted by atomic mass is 10.1. The molecular weight excluding hydrogens is 432 g/mol. The highest BCUT2D eigenvalue weighted by Crippen LogP contribution is 2.18. The van der Waals surface area contributed by atoms with E-state index in [0.717, 1.165) is 0 Å². The molecule has 0 saturated carbocycles. The van der Waals surface area contributed by atoms with Crippen LogP contribution in [-0.4, -0.2) is 23.0 Å². The van der Waals surface area contributed by atoms with Gasteiger partial charge in [0, 0.05) is 10.7 Å². The van der Waals surface area contributed by atoms with Gasteiger partial charge in [-0.25, -0.2) is 9.59 Å². The number of hydrogen-bond acceptors (Lipinski definition) is 5. The lowest BCUT2D eigenvalue weighted by Crippen LogP contribution is -2.13. The van der Waals surface area contributed by atoms with Crippen molar-refractivity contribution in [2.24, 2.45) is 0 Å². The van der Waals surface area contributed by atoms with Crippen molar-refractivity contribution in [1.82, 2.24) is 0 Å². The maximum atomic E-state index is 12.4. The van der Waals surface area contributed by atoms with E-state index in [1.54, 1.807) is 36.4 Å². The highest BCUT2D eigenvalue weighted by atomic mass is 35.5. The molecule has 0 heterocycles. The SMILES string of the molecule is N#C/C(=C\c1ccc(OC(=O)c2ccc(Cl)cc2)cc1)C(=O)Nc1ccc(C(=O)O)cc1. The van der Waals surface area contributed by atoms with Gasteiger partial charge in [0.2, 0.25) is 0 Å².